The van der Waals surface area contributed by atoms with Gasteiger partial charge in [-0.3, -0.25) is 4.90 Å². The van der Waals surface area contributed by atoms with Gasteiger partial charge in [0, 0.05) is 69.3 Å². The average molecular weight is 479 g/mol. The fourth-order valence-electron chi connectivity index (χ4n) is 5.27. The molecule has 2 aromatic rings. The van der Waals surface area contributed by atoms with Gasteiger partial charge in [0.15, 0.2) is 0 Å². The van der Waals surface area contributed by atoms with Crippen molar-refractivity contribution in [2.75, 3.05) is 49.1 Å². The van der Waals surface area contributed by atoms with E-state index < -0.39 is 5.60 Å². The molecule has 2 saturated heterocycles. The van der Waals surface area contributed by atoms with E-state index in [2.05, 4.69) is 84.0 Å². The van der Waals surface area contributed by atoms with Crippen molar-refractivity contribution in [2.24, 2.45) is 0 Å². The van der Waals surface area contributed by atoms with Crippen molar-refractivity contribution in [1.82, 2.24) is 9.80 Å². The van der Waals surface area contributed by atoms with E-state index in [4.69, 9.17) is 4.74 Å². The van der Waals surface area contributed by atoms with Crippen LogP contribution >= 0.6 is 0 Å². The summed E-state index contributed by atoms with van der Waals surface area (Å²) in [5, 5.41) is 0. The quantitative estimate of drug-likeness (QED) is 0.608. The molecule has 0 saturated carbocycles. The van der Waals surface area contributed by atoms with Crippen LogP contribution in [0.4, 0.5) is 16.2 Å². The summed E-state index contributed by atoms with van der Waals surface area (Å²) in [6.45, 7) is 18.8. The third-order valence-electron chi connectivity index (χ3n) is 7.13. The standard InChI is InChI=1S/C29H42N4O2/c1-22-18-26(33-17-16-32(20-24(33)3)28(34)35-29(4,5)6)12-13-27(22)31-15-14-30(23(2)19-31)21-25-10-8-7-9-11-25/h7-13,18,23-24H,14-17,19-21H2,1-6H3/t23-,24+/m1/s1. The fourth-order valence-corrected chi connectivity index (χ4v) is 5.27. The van der Waals surface area contributed by atoms with Gasteiger partial charge >= 0.3 is 6.09 Å². The molecule has 2 fully saturated rings. The van der Waals surface area contributed by atoms with Gasteiger partial charge < -0.3 is 19.4 Å². The SMILES string of the molecule is Cc1cc(N2CCN(C(=O)OC(C)(C)C)C[C@@H]2C)ccc1N1CCN(Cc2ccccc2)[C@H](C)C1. The van der Waals surface area contributed by atoms with E-state index in [0.29, 0.717) is 19.1 Å². The second-order valence-electron chi connectivity index (χ2n) is 11.2. The smallest absolute Gasteiger partial charge is 0.410 e. The highest BCUT2D eigenvalue weighted by atomic mass is 16.6. The van der Waals surface area contributed by atoms with Crippen LogP contribution in [0.15, 0.2) is 48.5 Å². The maximum absolute atomic E-state index is 12.5. The normalized spacial score (nSPS) is 21.8. The molecule has 0 unspecified atom stereocenters. The number of aryl methyl sites for hydroxylation is 1. The number of rotatable bonds is 4. The van der Waals surface area contributed by atoms with Gasteiger partial charge in [-0.1, -0.05) is 30.3 Å². The van der Waals surface area contributed by atoms with Crippen molar-refractivity contribution in [3.05, 3.63) is 59.7 Å². The molecule has 0 spiro atoms. The minimum Gasteiger partial charge on any atom is -0.444 e. The third kappa shape index (κ3) is 6.29. The lowest BCUT2D eigenvalue weighted by Crippen LogP contribution is -2.54. The van der Waals surface area contributed by atoms with E-state index in [1.165, 1.54) is 22.5 Å². The van der Waals surface area contributed by atoms with Crippen molar-refractivity contribution < 1.29 is 9.53 Å². The molecule has 6 nitrogen and oxygen atoms in total. The van der Waals surface area contributed by atoms with Gasteiger partial charge in [-0.2, -0.15) is 0 Å². The molecule has 2 aliphatic rings. The number of carbonyl (C=O) groups is 1. The number of hydrogen-bond donors (Lipinski definition) is 0. The first-order valence-electron chi connectivity index (χ1n) is 13.0. The van der Waals surface area contributed by atoms with E-state index in [-0.39, 0.29) is 12.1 Å². The minimum atomic E-state index is -0.463. The first kappa shape index (κ1) is 25.4. The van der Waals surface area contributed by atoms with Gasteiger partial charge in [0.1, 0.15) is 5.60 Å². The first-order valence-corrected chi connectivity index (χ1v) is 13.0. The highest BCUT2D eigenvalue weighted by Crippen LogP contribution is 2.30. The van der Waals surface area contributed by atoms with E-state index >= 15 is 0 Å². The number of piperazine rings is 2. The number of benzene rings is 2. The molecule has 2 heterocycles. The van der Waals surface area contributed by atoms with Crippen LogP contribution in [-0.2, 0) is 11.3 Å². The number of amides is 1. The minimum absolute atomic E-state index is 0.212. The predicted molar refractivity (Wildman–Crippen MR) is 144 cm³/mol. The van der Waals surface area contributed by atoms with Crippen molar-refractivity contribution in [2.45, 2.75) is 65.8 Å². The summed E-state index contributed by atoms with van der Waals surface area (Å²) in [7, 11) is 0. The van der Waals surface area contributed by atoms with Crippen molar-refractivity contribution in [1.29, 1.82) is 0 Å². The molecule has 0 radical (unpaired) electrons. The van der Waals surface area contributed by atoms with Gasteiger partial charge in [-0.05, 0) is 70.9 Å². The number of nitrogens with zero attached hydrogens (tertiary/aromatic N) is 4. The summed E-state index contributed by atoms with van der Waals surface area (Å²) in [4.78, 5) is 21.9. The Hall–Kier alpha value is -2.73. The van der Waals surface area contributed by atoms with E-state index in [0.717, 1.165) is 32.7 Å². The predicted octanol–water partition coefficient (Wildman–Crippen LogP) is 5.15. The number of carbonyl (C=O) groups excluding carboxylic acids is 1. The molecule has 0 aromatic heterocycles. The monoisotopic (exact) mass is 478 g/mol. The lowest BCUT2D eigenvalue weighted by molar-refractivity contribution is 0.0219. The molecule has 6 heteroatoms. The second kappa shape index (κ2) is 10.5. The van der Waals surface area contributed by atoms with Crippen LogP contribution in [0.3, 0.4) is 0 Å². The lowest BCUT2D eigenvalue weighted by atomic mass is 10.1. The molecule has 190 valence electrons. The topological polar surface area (TPSA) is 39.3 Å². The Bertz CT molecular complexity index is 1000. The molecule has 4 rings (SSSR count). The molecular formula is C29H42N4O2. The molecule has 35 heavy (non-hydrogen) atoms. The van der Waals surface area contributed by atoms with Crippen molar-refractivity contribution in [3.8, 4) is 0 Å². The largest absolute Gasteiger partial charge is 0.444 e. The maximum atomic E-state index is 12.5. The second-order valence-corrected chi connectivity index (χ2v) is 11.2. The van der Waals surface area contributed by atoms with Crippen LogP contribution in [0, 0.1) is 6.92 Å². The van der Waals surface area contributed by atoms with Gasteiger partial charge in [0.05, 0.1) is 0 Å². The summed E-state index contributed by atoms with van der Waals surface area (Å²) in [5.74, 6) is 0. The molecule has 1 amide bonds. The Balaban J connectivity index is 1.36. The average Bonchev–Trinajstić information content (AvgIpc) is 2.80. The molecule has 0 aliphatic carbocycles. The molecule has 2 atom stereocenters. The van der Waals surface area contributed by atoms with Gasteiger partial charge in [0.2, 0.25) is 0 Å². The molecule has 0 bridgehead atoms. The van der Waals surface area contributed by atoms with Gasteiger partial charge in [-0.15, -0.1) is 0 Å². The molecule has 0 N–H and O–H groups in total. The van der Waals surface area contributed by atoms with Crippen LogP contribution in [0.1, 0.15) is 45.7 Å². The molecule has 2 aliphatic heterocycles. The van der Waals surface area contributed by atoms with Crippen molar-refractivity contribution >= 4 is 17.5 Å². The summed E-state index contributed by atoms with van der Waals surface area (Å²) in [6, 6.07) is 18.4. The summed E-state index contributed by atoms with van der Waals surface area (Å²) in [5.41, 5.74) is 4.80. The highest BCUT2D eigenvalue weighted by molar-refractivity contribution is 5.69. The zero-order chi connectivity index (χ0) is 25.2. The first-order chi connectivity index (χ1) is 16.6. The van der Waals surface area contributed by atoms with Crippen LogP contribution < -0.4 is 9.80 Å². The zero-order valence-electron chi connectivity index (χ0n) is 22.3. The summed E-state index contributed by atoms with van der Waals surface area (Å²) in [6.07, 6.45) is -0.212. The van der Waals surface area contributed by atoms with E-state index in [1.807, 2.05) is 25.7 Å². The Morgan fingerprint density at radius 3 is 2.31 bits per heavy atom. The Morgan fingerprint density at radius 2 is 1.69 bits per heavy atom. The summed E-state index contributed by atoms with van der Waals surface area (Å²) < 4.78 is 5.58. The van der Waals surface area contributed by atoms with Gasteiger partial charge in [-0.25, -0.2) is 4.79 Å². The van der Waals surface area contributed by atoms with Crippen molar-refractivity contribution in [3.63, 3.8) is 0 Å². The summed E-state index contributed by atoms with van der Waals surface area (Å²) >= 11 is 0. The number of ether oxygens (including phenoxy) is 1. The van der Waals surface area contributed by atoms with E-state index in [1.54, 1.807) is 0 Å². The van der Waals surface area contributed by atoms with Crippen LogP contribution in [0.5, 0.6) is 0 Å². The zero-order valence-corrected chi connectivity index (χ0v) is 22.3. The Morgan fingerprint density at radius 1 is 0.943 bits per heavy atom. The third-order valence-corrected chi connectivity index (χ3v) is 7.13. The number of anilines is 2. The molecular weight excluding hydrogens is 436 g/mol. The van der Waals surface area contributed by atoms with Gasteiger partial charge in [0.25, 0.3) is 0 Å². The van der Waals surface area contributed by atoms with Crippen LogP contribution in [-0.4, -0.2) is 72.8 Å². The lowest BCUT2D eigenvalue weighted by Gasteiger charge is -2.43. The maximum Gasteiger partial charge on any atom is 0.410 e. The highest BCUT2D eigenvalue weighted by Gasteiger charge is 2.30. The fraction of sp³-hybridized carbons (Fsp3) is 0.552. The Kier molecular flexibility index (Phi) is 7.60. The number of hydrogen-bond acceptors (Lipinski definition) is 5. The Labute approximate surface area is 211 Å². The van der Waals surface area contributed by atoms with Crippen LogP contribution in [0.2, 0.25) is 0 Å². The van der Waals surface area contributed by atoms with Crippen LogP contribution in [0.25, 0.3) is 0 Å². The van der Waals surface area contributed by atoms with E-state index in [9.17, 15) is 4.79 Å². The molecule has 2 aromatic carbocycles.